The third kappa shape index (κ3) is 3.38. The van der Waals surface area contributed by atoms with Crippen molar-refractivity contribution in [3.05, 3.63) is 29.8 Å². The second kappa shape index (κ2) is 5.18. The lowest BCUT2D eigenvalue weighted by atomic mass is 10.1. The van der Waals surface area contributed by atoms with Crippen LogP contribution in [0.2, 0.25) is 0 Å². The van der Waals surface area contributed by atoms with Crippen LogP contribution in [-0.4, -0.2) is 31.6 Å². The summed E-state index contributed by atoms with van der Waals surface area (Å²) in [6.07, 6.45) is -3.20. The van der Waals surface area contributed by atoms with E-state index in [1.54, 1.807) is 0 Å². The van der Waals surface area contributed by atoms with E-state index in [0.29, 0.717) is 18.3 Å². The Kier molecular flexibility index (Phi) is 3.80. The molecule has 1 aromatic rings. The minimum atomic E-state index is -4.29. The van der Waals surface area contributed by atoms with Gasteiger partial charge in [0.15, 0.2) is 0 Å². The quantitative estimate of drug-likeness (QED) is 0.827. The fourth-order valence-electron chi connectivity index (χ4n) is 2.12. The standard InChI is InChI=1S/C13H16F3NO/c1-17-7-6-10(8-17)9-18-12-4-2-11(3-5-12)13(14,15)16/h2-5,10H,6-9H2,1H3. The Morgan fingerprint density at radius 1 is 1.28 bits per heavy atom. The van der Waals surface area contributed by atoms with E-state index < -0.39 is 11.7 Å². The Morgan fingerprint density at radius 2 is 1.94 bits per heavy atom. The number of halogens is 3. The third-order valence-electron chi connectivity index (χ3n) is 3.16. The molecule has 2 nitrogen and oxygen atoms in total. The monoisotopic (exact) mass is 259 g/mol. The van der Waals surface area contributed by atoms with Gasteiger partial charge in [0, 0.05) is 12.5 Å². The molecule has 1 fully saturated rings. The second-order valence-corrected chi connectivity index (χ2v) is 4.75. The molecule has 100 valence electrons. The third-order valence-corrected chi connectivity index (χ3v) is 3.16. The topological polar surface area (TPSA) is 12.5 Å². The first-order valence-electron chi connectivity index (χ1n) is 5.94. The van der Waals surface area contributed by atoms with Crippen molar-refractivity contribution >= 4 is 0 Å². The molecule has 0 bridgehead atoms. The summed E-state index contributed by atoms with van der Waals surface area (Å²) < 4.78 is 42.6. The molecule has 18 heavy (non-hydrogen) atoms. The highest BCUT2D eigenvalue weighted by Crippen LogP contribution is 2.30. The highest BCUT2D eigenvalue weighted by atomic mass is 19.4. The van der Waals surface area contributed by atoms with Crippen LogP contribution in [-0.2, 0) is 6.18 Å². The molecule has 1 atom stereocenters. The predicted octanol–water partition coefficient (Wildman–Crippen LogP) is 3.04. The molecule has 0 amide bonds. The minimum Gasteiger partial charge on any atom is -0.493 e. The van der Waals surface area contributed by atoms with Crippen molar-refractivity contribution in [3.8, 4) is 5.75 Å². The van der Waals surface area contributed by atoms with Crippen LogP contribution in [0.1, 0.15) is 12.0 Å². The van der Waals surface area contributed by atoms with Gasteiger partial charge in [-0.2, -0.15) is 13.2 Å². The van der Waals surface area contributed by atoms with E-state index in [4.69, 9.17) is 4.74 Å². The summed E-state index contributed by atoms with van der Waals surface area (Å²) in [5, 5.41) is 0. The van der Waals surface area contributed by atoms with Crippen LogP contribution in [0.4, 0.5) is 13.2 Å². The summed E-state index contributed by atoms with van der Waals surface area (Å²) in [4.78, 5) is 2.22. The Balaban J connectivity index is 1.87. The largest absolute Gasteiger partial charge is 0.493 e. The molecule has 1 heterocycles. The number of likely N-dealkylation sites (tertiary alicyclic amines) is 1. The molecule has 0 radical (unpaired) electrons. The maximum Gasteiger partial charge on any atom is 0.416 e. The predicted molar refractivity (Wildman–Crippen MR) is 62.5 cm³/mol. The number of nitrogens with zero attached hydrogens (tertiary/aromatic N) is 1. The second-order valence-electron chi connectivity index (χ2n) is 4.75. The van der Waals surface area contributed by atoms with Crippen molar-refractivity contribution in [2.75, 3.05) is 26.7 Å². The van der Waals surface area contributed by atoms with Crippen molar-refractivity contribution < 1.29 is 17.9 Å². The van der Waals surface area contributed by atoms with E-state index in [1.165, 1.54) is 12.1 Å². The fraction of sp³-hybridized carbons (Fsp3) is 0.538. The number of hydrogen-bond donors (Lipinski definition) is 0. The molecule has 1 aliphatic rings. The lowest BCUT2D eigenvalue weighted by Crippen LogP contribution is -2.18. The number of alkyl halides is 3. The Bertz CT molecular complexity index is 388. The molecule has 1 unspecified atom stereocenters. The highest BCUT2D eigenvalue weighted by Gasteiger charge is 2.30. The summed E-state index contributed by atoms with van der Waals surface area (Å²) in [5.41, 5.74) is -0.643. The van der Waals surface area contributed by atoms with Gasteiger partial charge in [-0.25, -0.2) is 0 Å². The molecular formula is C13H16F3NO. The van der Waals surface area contributed by atoms with E-state index in [-0.39, 0.29) is 0 Å². The van der Waals surface area contributed by atoms with Gasteiger partial charge in [0.2, 0.25) is 0 Å². The molecule has 1 aliphatic heterocycles. The van der Waals surface area contributed by atoms with Crippen LogP contribution < -0.4 is 4.74 Å². The van der Waals surface area contributed by atoms with Crippen molar-refractivity contribution in [2.45, 2.75) is 12.6 Å². The minimum absolute atomic E-state index is 0.470. The molecule has 0 aromatic heterocycles. The summed E-state index contributed by atoms with van der Waals surface area (Å²) in [7, 11) is 2.05. The van der Waals surface area contributed by atoms with Gasteiger partial charge >= 0.3 is 6.18 Å². The van der Waals surface area contributed by atoms with Crippen LogP contribution in [0.3, 0.4) is 0 Å². The average molecular weight is 259 g/mol. The molecule has 0 aliphatic carbocycles. The van der Waals surface area contributed by atoms with Crippen LogP contribution in [0.15, 0.2) is 24.3 Å². The van der Waals surface area contributed by atoms with Crippen molar-refractivity contribution in [2.24, 2.45) is 5.92 Å². The van der Waals surface area contributed by atoms with Gasteiger partial charge in [-0.05, 0) is 44.3 Å². The van der Waals surface area contributed by atoms with E-state index >= 15 is 0 Å². The first-order valence-corrected chi connectivity index (χ1v) is 5.94. The summed E-state index contributed by atoms with van der Waals surface area (Å²) in [6.45, 7) is 2.61. The molecule has 0 saturated carbocycles. The molecule has 1 aromatic carbocycles. The number of ether oxygens (including phenoxy) is 1. The molecular weight excluding hydrogens is 243 g/mol. The van der Waals surface area contributed by atoms with Gasteiger partial charge < -0.3 is 9.64 Å². The van der Waals surface area contributed by atoms with Gasteiger partial charge in [0.1, 0.15) is 5.75 Å². The number of rotatable bonds is 3. The molecule has 0 spiro atoms. The summed E-state index contributed by atoms with van der Waals surface area (Å²) in [6, 6.07) is 4.86. The van der Waals surface area contributed by atoms with E-state index in [9.17, 15) is 13.2 Å². The summed E-state index contributed by atoms with van der Waals surface area (Å²) >= 11 is 0. The van der Waals surface area contributed by atoms with Gasteiger partial charge in [0.05, 0.1) is 12.2 Å². The number of hydrogen-bond acceptors (Lipinski definition) is 2. The maximum atomic E-state index is 12.3. The highest BCUT2D eigenvalue weighted by molar-refractivity contribution is 5.28. The zero-order valence-corrected chi connectivity index (χ0v) is 10.2. The SMILES string of the molecule is CN1CCC(COc2ccc(C(F)(F)F)cc2)C1. The van der Waals surface area contributed by atoms with E-state index in [0.717, 1.165) is 31.6 Å². The van der Waals surface area contributed by atoms with Gasteiger partial charge in [-0.1, -0.05) is 0 Å². The zero-order chi connectivity index (χ0) is 13.2. The van der Waals surface area contributed by atoms with Gasteiger partial charge in [0.25, 0.3) is 0 Å². The molecule has 0 N–H and O–H groups in total. The summed E-state index contributed by atoms with van der Waals surface area (Å²) in [5.74, 6) is 0.967. The first kappa shape index (κ1) is 13.2. The average Bonchev–Trinajstić information content (AvgIpc) is 2.72. The lowest BCUT2D eigenvalue weighted by Gasteiger charge is -2.13. The van der Waals surface area contributed by atoms with Crippen molar-refractivity contribution in [1.29, 1.82) is 0 Å². The van der Waals surface area contributed by atoms with Gasteiger partial charge in [-0.15, -0.1) is 0 Å². The Hall–Kier alpha value is -1.23. The van der Waals surface area contributed by atoms with Crippen LogP contribution in [0, 0.1) is 5.92 Å². The van der Waals surface area contributed by atoms with Crippen molar-refractivity contribution in [1.82, 2.24) is 4.90 Å². The lowest BCUT2D eigenvalue weighted by molar-refractivity contribution is -0.137. The Labute approximate surface area is 104 Å². The molecule has 1 saturated heterocycles. The fourth-order valence-corrected chi connectivity index (χ4v) is 2.12. The van der Waals surface area contributed by atoms with E-state index in [1.807, 2.05) is 0 Å². The molecule has 5 heteroatoms. The van der Waals surface area contributed by atoms with E-state index in [2.05, 4.69) is 11.9 Å². The Morgan fingerprint density at radius 3 is 2.44 bits per heavy atom. The van der Waals surface area contributed by atoms with Crippen LogP contribution in [0.25, 0.3) is 0 Å². The normalized spacial score (nSPS) is 21.2. The molecule has 2 rings (SSSR count). The van der Waals surface area contributed by atoms with Crippen molar-refractivity contribution in [3.63, 3.8) is 0 Å². The first-order chi connectivity index (χ1) is 8.45. The maximum absolute atomic E-state index is 12.3. The van der Waals surface area contributed by atoms with Crippen LogP contribution in [0.5, 0.6) is 5.75 Å². The van der Waals surface area contributed by atoms with Crippen LogP contribution >= 0.6 is 0 Å². The zero-order valence-electron chi connectivity index (χ0n) is 10.2. The van der Waals surface area contributed by atoms with Gasteiger partial charge in [-0.3, -0.25) is 0 Å². The smallest absolute Gasteiger partial charge is 0.416 e. The number of benzene rings is 1.